The number of hydrogen-bond acceptors (Lipinski definition) is 4. The summed E-state index contributed by atoms with van der Waals surface area (Å²) in [4.78, 5) is 17.6. The second kappa shape index (κ2) is 8.92. The molecular formula is C23H19FN4OS. The Bertz CT molecular complexity index is 1130. The highest BCUT2D eigenvalue weighted by Gasteiger charge is 2.24. The van der Waals surface area contributed by atoms with Gasteiger partial charge in [-0.1, -0.05) is 71.9 Å². The molecule has 5 nitrogen and oxygen atoms in total. The van der Waals surface area contributed by atoms with Gasteiger partial charge in [-0.15, -0.1) is 5.10 Å². The molecule has 0 aliphatic carbocycles. The fraction of sp³-hybridized carbons (Fsp3) is 0.0870. The molecule has 0 saturated heterocycles. The molecule has 0 aliphatic heterocycles. The summed E-state index contributed by atoms with van der Waals surface area (Å²) in [6.07, 6.45) is 0. The third kappa shape index (κ3) is 4.75. The van der Waals surface area contributed by atoms with E-state index in [2.05, 4.69) is 20.5 Å². The Kier molecular flexibility index (Phi) is 5.90. The molecule has 0 aliphatic rings. The highest BCUT2D eigenvalue weighted by Crippen LogP contribution is 2.35. The van der Waals surface area contributed by atoms with Gasteiger partial charge >= 0.3 is 0 Å². The van der Waals surface area contributed by atoms with Crippen molar-refractivity contribution in [2.45, 2.75) is 17.3 Å². The van der Waals surface area contributed by atoms with Gasteiger partial charge in [0.2, 0.25) is 11.1 Å². The largest absolute Gasteiger partial charge is 0.325 e. The Morgan fingerprint density at radius 1 is 1.00 bits per heavy atom. The van der Waals surface area contributed by atoms with E-state index in [1.54, 1.807) is 0 Å². The Labute approximate surface area is 177 Å². The van der Waals surface area contributed by atoms with E-state index < -0.39 is 5.25 Å². The number of nitrogens with one attached hydrogen (secondary N) is 2. The van der Waals surface area contributed by atoms with Crippen LogP contribution in [0.5, 0.6) is 0 Å². The van der Waals surface area contributed by atoms with Crippen LogP contribution in [0.25, 0.3) is 11.4 Å². The van der Waals surface area contributed by atoms with Gasteiger partial charge < -0.3 is 5.32 Å². The number of halogens is 1. The molecule has 1 heterocycles. The molecule has 0 fully saturated rings. The van der Waals surface area contributed by atoms with Gasteiger partial charge in [0, 0.05) is 11.3 Å². The number of anilines is 1. The minimum absolute atomic E-state index is 0.237. The lowest BCUT2D eigenvalue weighted by Crippen LogP contribution is -2.19. The minimum atomic E-state index is -0.571. The molecule has 2 N–H and O–H groups in total. The average Bonchev–Trinajstić information content (AvgIpc) is 3.23. The molecule has 1 atom stereocenters. The lowest BCUT2D eigenvalue weighted by atomic mass is 10.1. The van der Waals surface area contributed by atoms with E-state index in [1.165, 1.54) is 36.0 Å². The van der Waals surface area contributed by atoms with Crippen molar-refractivity contribution >= 4 is 23.4 Å². The van der Waals surface area contributed by atoms with Crippen molar-refractivity contribution in [3.05, 3.63) is 95.8 Å². The summed E-state index contributed by atoms with van der Waals surface area (Å²) < 4.78 is 13.2. The smallest absolute Gasteiger partial charge is 0.242 e. The van der Waals surface area contributed by atoms with Crippen molar-refractivity contribution in [1.29, 1.82) is 0 Å². The van der Waals surface area contributed by atoms with E-state index in [4.69, 9.17) is 0 Å². The maximum absolute atomic E-state index is 13.2. The average molecular weight is 418 g/mol. The molecule has 0 saturated carbocycles. The van der Waals surface area contributed by atoms with Crippen LogP contribution < -0.4 is 5.32 Å². The molecule has 4 aromatic rings. The van der Waals surface area contributed by atoms with Gasteiger partial charge in [0.15, 0.2) is 5.82 Å². The topological polar surface area (TPSA) is 70.7 Å². The molecule has 150 valence electrons. The first kappa shape index (κ1) is 19.8. The second-order valence-corrected chi connectivity index (χ2v) is 7.81. The molecule has 0 unspecified atom stereocenters. The number of carbonyl (C=O) groups excluding carboxylic acids is 1. The molecule has 0 radical (unpaired) electrons. The van der Waals surface area contributed by atoms with Crippen LogP contribution in [0.1, 0.15) is 16.4 Å². The van der Waals surface area contributed by atoms with Crippen molar-refractivity contribution < 1.29 is 9.18 Å². The van der Waals surface area contributed by atoms with E-state index in [0.29, 0.717) is 16.7 Å². The molecule has 1 amide bonds. The summed E-state index contributed by atoms with van der Waals surface area (Å²) >= 11 is 1.25. The van der Waals surface area contributed by atoms with Crippen molar-refractivity contribution in [2.75, 3.05) is 5.32 Å². The first-order valence-electron chi connectivity index (χ1n) is 9.36. The summed E-state index contributed by atoms with van der Waals surface area (Å²) in [5, 5.41) is 9.95. The lowest BCUT2D eigenvalue weighted by Gasteiger charge is -2.15. The zero-order chi connectivity index (χ0) is 20.9. The Hall–Kier alpha value is -3.45. The predicted octanol–water partition coefficient (Wildman–Crippen LogP) is 5.39. The first-order valence-corrected chi connectivity index (χ1v) is 10.2. The maximum atomic E-state index is 13.2. The first-order chi connectivity index (χ1) is 14.6. The van der Waals surface area contributed by atoms with E-state index in [1.807, 2.05) is 61.5 Å². The molecule has 0 bridgehead atoms. The summed E-state index contributed by atoms with van der Waals surface area (Å²) in [6.45, 7) is 2.02. The molecule has 30 heavy (non-hydrogen) atoms. The van der Waals surface area contributed by atoms with E-state index in [-0.39, 0.29) is 11.7 Å². The van der Waals surface area contributed by atoms with Gasteiger partial charge in [0.1, 0.15) is 11.1 Å². The van der Waals surface area contributed by atoms with Crippen LogP contribution in [0.4, 0.5) is 10.1 Å². The molecule has 0 spiro atoms. The molecule has 1 aromatic heterocycles. The SMILES string of the molecule is Cc1ccc(-c2nc(S[C@H](C(=O)Nc3ccc(F)cc3)c3ccccc3)n[nH]2)cc1. The van der Waals surface area contributed by atoms with Gasteiger partial charge in [-0.2, -0.15) is 0 Å². The number of H-pyrrole nitrogens is 1. The number of benzene rings is 3. The van der Waals surface area contributed by atoms with Crippen LogP contribution in [-0.4, -0.2) is 21.1 Å². The summed E-state index contributed by atoms with van der Waals surface area (Å²) in [5.41, 5.74) is 3.43. The number of thioether (sulfide) groups is 1. The number of amides is 1. The number of aromatic nitrogens is 3. The number of nitrogens with zero attached hydrogens (tertiary/aromatic N) is 2. The zero-order valence-electron chi connectivity index (χ0n) is 16.2. The predicted molar refractivity (Wildman–Crippen MR) is 117 cm³/mol. The molecule has 3 aromatic carbocycles. The van der Waals surface area contributed by atoms with Crippen LogP contribution >= 0.6 is 11.8 Å². The van der Waals surface area contributed by atoms with E-state index in [9.17, 15) is 9.18 Å². The maximum Gasteiger partial charge on any atom is 0.242 e. The van der Waals surface area contributed by atoms with Crippen molar-refractivity contribution in [3.8, 4) is 11.4 Å². The number of aromatic amines is 1. The summed E-state index contributed by atoms with van der Waals surface area (Å²) in [7, 11) is 0. The standard InChI is InChI=1S/C23H19FN4OS/c1-15-7-9-17(10-8-15)21-26-23(28-27-21)30-20(16-5-3-2-4-6-16)22(29)25-19-13-11-18(24)12-14-19/h2-14,20H,1H3,(H,25,29)(H,26,27,28)/t20-/m0/s1. The number of aryl methyl sites for hydroxylation is 1. The second-order valence-electron chi connectivity index (χ2n) is 6.74. The number of carbonyl (C=O) groups is 1. The third-order valence-electron chi connectivity index (χ3n) is 4.47. The van der Waals surface area contributed by atoms with Crippen molar-refractivity contribution in [2.24, 2.45) is 0 Å². The molecule has 4 rings (SSSR count). The summed E-state index contributed by atoms with van der Waals surface area (Å²) in [6, 6.07) is 23.1. The number of rotatable bonds is 6. The van der Waals surface area contributed by atoms with Crippen LogP contribution in [0.2, 0.25) is 0 Å². The van der Waals surface area contributed by atoms with Crippen LogP contribution in [0.3, 0.4) is 0 Å². The third-order valence-corrected chi connectivity index (χ3v) is 5.58. The number of hydrogen-bond donors (Lipinski definition) is 2. The van der Waals surface area contributed by atoms with Crippen LogP contribution in [0.15, 0.2) is 84.0 Å². The summed E-state index contributed by atoms with van der Waals surface area (Å²) in [5.74, 6) is 0.0501. The highest BCUT2D eigenvalue weighted by atomic mass is 32.2. The lowest BCUT2D eigenvalue weighted by molar-refractivity contribution is -0.115. The van der Waals surface area contributed by atoms with Crippen molar-refractivity contribution in [1.82, 2.24) is 15.2 Å². The van der Waals surface area contributed by atoms with E-state index in [0.717, 1.165) is 16.7 Å². The Morgan fingerprint density at radius 2 is 1.70 bits per heavy atom. The highest BCUT2D eigenvalue weighted by molar-refractivity contribution is 8.00. The van der Waals surface area contributed by atoms with Gasteiger partial charge in [-0.3, -0.25) is 9.89 Å². The fourth-order valence-electron chi connectivity index (χ4n) is 2.89. The van der Waals surface area contributed by atoms with Crippen LogP contribution in [-0.2, 0) is 4.79 Å². The van der Waals surface area contributed by atoms with Crippen molar-refractivity contribution in [3.63, 3.8) is 0 Å². The van der Waals surface area contributed by atoms with Gasteiger partial charge in [-0.25, -0.2) is 9.37 Å². The normalized spacial score (nSPS) is 11.8. The fourth-order valence-corrected chi connectivity index (χ4v) is 3.80. The van der Waals surface area contributed by atoms with E-state index >= 15 is 0 Å². The van der Waals surface area contributed by atoms with Gasteiger partial charge in [0.05, 0.1) is 0 Å². The Morgan fingerprint density at radius 3 is 2.40 bits per heavy atom. The van der Waals surface area contributed by atoms with Gasteiger partial charge in [-0.05, 0) is 36.8 Å². The molecule has 7 heteroatoms. The van der Waals surface area contributed by atoms with Gasteiger partial charge in [0.25, 0.3) is 0 Å². The molecular weight excluding hydrogens is 399 g/mol. The monoisotopic (exact) mass is 418 g/mol. The Balaban J connectivity index is 1.57. The quantitative estimate of drug-likeness (QED) is 0.412. The van der Waals surface area contributed by atoms with Crippen LogP contribution in [0, 0.1) is 12.7 Å². The zero-order valence-corrected chi connectivity index (χ0v) is 17.0. The minimum Gasteiger partial charge on any atom is -0.325 e.